The molecule has 2 aliphatic heterocycles. The molecule has 2 aliphatic rings. The molecule has 0 spiro atoms. The molecule has 1 aromatic heterocycles. The topological polar surface area (TPSA) is 105 Å². The number of aromatic nitrogens is 2. The summed E-state index contributed by atoms with van der Waals surface area (Å²) in [6, 6.07) is 9.76. The number of hydrogen-bond acceptors (Lipinski definition) is 8. The van der Waals surface area contributed by atoms with Gasteiger partial charge >= 0.3 is 0 Å². The number of aliphatic hydroxyl groups excluding tert-OH is 1. The van der Waals surface area contributed by atoms with Crippen LogP contribution in [0.3, 0.4) is 0 Å². The van der Waals surface area contributed by atoms with Crippen molar-refractivity contribution in [2.45, 2.75) is 13.1 Å². The smallest absolute Gasteiger partial charge is 0.115 e. The van der Waals surface area contributed by atoms with E-state index < -0.39 is 0 Å². The highest BCUT2D eigenvalue weighted by Crippen LogP contribution is 2.26. The minimum absolute atomic E-state index is 0.0370. The fraction of sp³-hybridized carbons (Fsp3) is 0.167. The first-order valence-corrected chi connectivity index (χ1v) is 8.43. The van der Waals surface area contributed by atoms with E-state index >= 15 is 0 Å². The lowest BCUT2D eigenvalue weighted by Gasteiger charge is -2.26. The molecule has 1 aromatic carbocycles. The predicted octanol–water partition coefficient (Wildman–Crippen LogP) is 1.12. The maximum absolute atomic E-state index is 9.29. The quantitative estimate of drug-likeness (QED) is 0.707. The minimum Gasteiger partial charge on any atom is -0.394 e. The number of rotatable bonds is 6. The number of aliphatic imine (C=N–C) groups is 1. The number of hydrogen-bond donors (Lipinski definition) is 3. The van der Waals surface area contributed by atoms with Gasteiger partial charge in [-0.1, -0.05) is 18.2 Å². The van der Waals surface area contributed by atoms with Crippen molar-refractivity contribution in [1.82, 2.24) is 25.2 Å². The first-order valence-electron chi connectivity index (χ1n) is 8.43. The van der Waals surface area contributed by atoms with Gasteiger partial charge in [-0.15, -0.1) is 0 Å². The summed E-state index contributed by atoms with van der Waals surface area (Å²) in [4.78, 5) is 4.44. The average molecular weight is 362 g/mol. The van der Waals surface area contributed by atoms with Gasteiger partial charge in [0.15, 0.2) is 0 Å². The number of fused-ring (bicyclic) bond motifs is 1. The average Bonchev–Trinajstić information content (AvgIpc) is 3.30. The molecule has 9 heteroatoms. The molecule has 0 radical (unpaired) electrons. The number of hydrazine groups is 2. The molecule has 0 atom stereocenters. The molecular weight excluding hydrogens is 344 g/mol. The van der Waals surface area contributed by atoms with Crippen molar-refractivity contribution < 1.29 is 5.11 Å². The van der Waals surface area contributed by atoms with Gasteiger partial charge in [0.2, 0.25) is 0 Å². The monoisotopic (exact) mass is 362 g/mol. The van der Waals surface area contributed by atoms with Crippen LogP contribution in [0.2, 0.25) is 0 Å². The molecule has 27 heavy (non-hydrogen) atoms. The van der Waals surface area contributed by atoms with Crippen LogP contribution in [0.1, 0.15) is 11.1 Å². The molecule has 2 aromatic rings. The molecule has 0 aliphatic carbocycles. The summed E-state index contributed by atoms with van der Waals surface area (Å²) in [6.45, 7) is 1.02. The Morgan fingerprint density at radius 2 is 2.19 bits per heavy atom. The third kappa shape index (κ3) is 3.47. The third-order valence-corrected chi connectivity index (χ3v) is 4.18. The van der Waals surface area contributed by atoms with Crippen LogP contribution in [0.5, 0.6) is 0 Å². The zero-order valence-electron chi connectivity index (χ0n) is 14.4. The van der Waals surface area contributed by atoms with Crippen LogP contribution in [-0.4, -0.2) is 37.9 Å². The van der Waals surface area contributed by atoms with Crippen LogP contribution in [0.4, 0.5) is 5.69 Å². The SMILES string of the molecule is N#Cc1ccccc1CN1NC=C2N=CN(Nc3cnn(CCO)c3)C=C21. The van der Waals surface area contributed by atoms with Crippen molar-refractivity contribution in [3.05, 3.63) is 71.6 Å². The molecule has 136 valence electrons. The second-order valence-corrected chi connectivity index (χ2v) is 6.01. The molecule has 0 fully saturated rings. The highest BCUT2D eigenvalue weighted by Gasteiger charge is 2.24. The second-order valence-electron chi connectivity index (χ2n) is 6.01. The van der Waals surface area contributed by atoms with Gasteiger partial charge in [0.05, 0.1) is 49.4 Å². The zero-order chi connectivity index (χ0) is 18.6. The first kappa shape index (κ1) is 16.7. The maximum atomic E-state index is 9.29. The Morgan fingerprint density at radius 1 is 1.30 bits per heavy atom. The van der Waals surface area contributed by atoms with Crippen LogP contribution < -0.4 is 10.9 Å². The number of anilines is 1. The maximum Gasteiger partial charge on any atom is 0.115 e. The number of aliphatic hydroxyl groups is 1. The first-order chi connectivity index (χ1) is 13.3. The molecule has 0 bridgehead atoms. The largest absolute Gasteiger partial charge is 0.394 e. The van der Waals surface area contributed by atoms with E-state index in [0.717, 1.165) is 22.6 Å². The van der Waals surface area contributed by atoms with E-state index in [1.807, 2.05) is 47.9 Å². The van der Waals surface area contributed by atoms with E-state index in [-0.39, 0.29) is 6.61 Å². The molecule has 3 heterocycles. The Morgan fingerprint density at radius 3 is 3.04 bits per heavy atom. The summed E-state index contributed by atoms with van der Waals surface area (Å²) in [5.41, 5.74) is 10.4. The van der Waals surface area contributed by atoms with Crippen molar-refractivity contribution >= 4 is 12.0 Å². The van der Waals surface area contributed by atoms with Crippen molar-refractivity contribution in [1.29, 1.82) is 5.26 Å². The van der Waals surface area contributed by atoms with Gasteiger partial charge in [-0.05, 0) is 11.6 Å². The Hall–Kier alpha value is -3.77. The van der Waals surface area contributed by atoms with E-state index in [1.54, 1.807) is 22.2 Å². The Bertz CT molecular complexity index is 968. The molecule has 0 amide bonds. The van der Waals surface area contributed by atoms with Crippen LogP contribution in [0.15, 0.2) is 65.4 Å². The van der Waals surface area contributed by atoms with Crippen LogP contribution in [0, 0.1) is 11.3 Å². The van der Waals surface area contributed by atoms with Crippen LogP contribution >= 0.6 is 0 Å². The van der Waals surface area contributed by atoms with Gasteiger partial charge < -0.3 is 10.5 Å². The zero-order valence-corrected chi connectivity index (χ0v) is 14.4. The van der Waals surface area contributed by atoms with Gasteiger partial charge in [0.1, 0.15) is 17.7 Å². The fourth-order valence-electron chi connectivity index (χ4n) is 2.87. The van der Waals surface area contributed by atoms with Crippen molar-refractivity contribution in [3.8, 4) is 6.07 Å². The number of nitriles is 1. The fourth-order valence-corrected chi connectivity index (χ4v) is 2.87. The Balaban J connectivity index is 1.49. The van der Waals surface area contributed by atoms with Gasteiger partial charge in [-0.25, -0.2) is 10.0 Å². The molecule has 0 unspecified atom stereocenters. The standard InChI is InChI=1S/C18H18N8O/c19-7-14-3-1-2-4-15(14)10-26-18-12-25(13-20-17(18)9-22-26)23-16-8-21-24(11-16)5-6-27/h1-4,8-9,11-13,22-23,27H,5-6,10H2. The molecular formula is C18H18N8O. The molecule has 0 saturated carbocycles. The van der Waals surface area contributed by atoms with Crippen LogP contribution in [0.25, 0.3) is 0 Å². The normalized spacial score (nSPS) is 15.0. The number of nitrogens with zero attached hydrogens (tertiary/aromatic N) is 6. The highest BCUT2D eigenvalue weighted by molar-refractivity contribution is 5.66. The van der Waals surface area contributed by atoms with Crippen LogP contribution in [-0.2, 0) is 13.1 Å². The summed E-state index contributed by atoms with van der Waals surface area (Å²) in [5.74, 6) is 0. The Labute approximate surface area is 156 Å². The molecule has 3 N–H and O–H groups in total. The molecule has 9 nitrogen and oxygen atoms in total. The summed E-state index contributed by atoms with van der Waals surface area (Å²) in [5, 5.41) is 26.1. The molecule has 4 rings (SSSR count). The highest BCUT2D eigenvalue weighted by atomic mass is 16.3. The van der Waals surface area contributed by atoms with E-state index in [2.05, 4.69) is 27.0 Å². The minimum atomic E-state index is 0.0370. The van der Waals surface area contributed by atoms with Gasteiger partial charge in [0.25, 0.3) is 0 Å². The van der Waals surface area contributed by atoms with Crippen molar-refractivity contribution in [3.63, 3.8) is 0 Å². The summed E-state index contributed by atoms with van der Waals surface area (Å²) in [7, 11) is 0. The van der Waals surface area contributed by atoms with E-state index in [1.165, 1.54) is 0 Å². The predicted molar refractivity (Wildman–Crippen MR) is 99.3 cm³/mol. The summed E-state index contributed by atoms with van der Waals surface area (Å²) < 4.78 is 1.66. The lowest BCUT2D eigenvalue weighted by molar-refractivity contribution is 0.269. The number of benzene rings is 1. The van der Waals surface area contributed by atoms with E-state index in [0.29, 0.717) is 18.7 Å². The van der Waals surface area contributed by atoms with E-state index in [4.69, 9.17) is 5.11 Å². The third-order valence-electron chi connectivity index (χ3n) is 4.18. The molecule has 0 saturated heterocycles. The lowest BCUT2D eigenvalue weighted by atomic mass is 10.1. The second kappa shape index (κ2) is 7.23. The van der Waals surface area contributed by atoms with Crippen molar-refractivity contribution in [2.24, 2.45) is 4.99 Å². The van der Waals surface area contributed by atoms with Gasteiger partial charge in [-0.2, -0.15) is 10.4 Å². The summed E-state index contributed by atoms with van der Waals surface area (Å²) >= 11 is 0. The van der Waals surface area contributed by atoms with Crippen molar-refractivity contribution in [2.75, 3.05) is 12.0 Å². The summed E-state index contributed by atoms with van der Waals surface area (Å²) in [6.07, 6.45) is 8.90. The Kier molecular flexibility index (Phi) is 4.47. The van der Waals surface area contributed by atoms with E-state index in [9.17, 15) is 5.26 Å². The lowest BCUT2D eigenvalue weighted by Crippen LogP contribution is -2.32. The van der Waals surface area contributed by atoms with Gasteiger partial charge in [0, 0.05) is 12.4 Å². The van der Waals surface area contributed by atoms with Gasteiger partial charge in [-0.3, -0.25) is 15.1 Å². The number of nitrogens with one attached hydrogen (secondary N) is 2.